The summed E-state index contributed by atoms with van der Waals surface area (Å²) in [7, 11) is 0. The molecule has 2 heterocycles. The van der Waals surface area contributed by atoms with Crippen molar-refractivity contribution >= 4 is 49.6 Å². The molecule has 9 aromatic rings. The minimum Gasteiger partial charge on any atom is -0.310 e. The first-order chi connectivity index (χ1) is 24.7. The maximum atomic E-state index is 5.47. The van der Waals surface area contributed by atoms with E-state index in [0.717, 1.165) is 44.3 Å². The third kappa shape index (κ3) is 4.37. The molecule has 50 heavy (non-hydrogen) atoms. The Morgan fingerprint density at radius 1 is 0.480 bits per heavy atom. The van der Waals surface area contributed by atoms with Gasteiger partial charge in [0, 0.05) is 38.9 Å². The molecule has 10 rings (SSSR count). The molecule has 0 spiro atoms. The van der Waals surface area contributed by atoms with Crippen molar-refractivity contribution < 1.29 is 0 Å². The lowest BCUT2D eigenvalue weighted by Gasteiger charge is -2.27. The lowest BCUT2D eigenvalue weighted by atomic mass is 9.78. The first kappa shape index (κ1) is 28.7. The highest BCUT2D eigenvalue weighted by Gasteiger charge is 2.30. The molecular weight excluding hydrogens is 607 g/mol. The number of benzene rings is 7. The molecule has 0 amide bonds. The Morgan fingerprint density at radius 3 is 1.60 bits per heavy atom. The highest BCUT2D eigenvalue weighted by molar-refractivity contribution is 6.23. The van der Waals surface area contributed by atoms with Crippen molar-refractivity contribution in [3.63, 3.8) is 0 Å². The van der Waals surface area contributed by atoms with Crippen LogP contribution in [-0.4, -0.2) is 14.5 Å². The zero-order valence-electron chi connectivity index (χ0n) is 27.7. The molecular formula is C47H33N3. The molecule has 2 aromatic heterocycles. The minimum atomic E-state index is 0.248. The summed E-state index contributed by atoms with van der Waals surface area (Å²) >= 11 is 0. The van der Waals surface area contributed by atoms with Gasteiger partial charge in [0.25, 0.3) is 0 Å². The smallest absolute Gasteiger partial charge is 0.0979 e. The Kier molecular flexibility index (Phi) is 6.53. The monoisotopic (exact) mass is 639 g/mol. The number of aromatic nitrogens is 3. The Labute approximate surface area is 290 Å². The summed E-state index contributed by atoms with van der Waals surface area (Å²) in [6.45, 7) is 2.38. The van der Waals surface area contributed by atoms with Crippen molar-refractivity contribution in [2.24, 2.45) is 0 Å². The number of allylic oxidation sites excluding steroid dienone is 1. The third-order valence-corrected chi connectivity index (χ3v) is 10.6. The van der Waals surface area contributed by atoms with Crippen LogP contribution >= 0.6 is 0 Å². The van der Waals surface area contributed by atoms with Gasteiger partial charge in [0.2, 0.25) is 0 Å². The molecule has 0 fully saturated rings. The van der Waals surface area contributed by atoms with Crippen LogP contribution in [0, 0.1) is 0 Å². The van der Waals surface area contributed by atoms with E-state index in [-0.39, 0.29) is 5.92 Å². The fourth-order valence-electron chi connectivity index (χ4n) is 8.25. The van der Waals surface area contributed by atoms with Crippen molar-refractivity contribution in [2.75, 3.05) is 0 Å². The van der Waals surface area contributed by atoms with Gasteiger partial charge in [0.05, 0.1) is 33.6 Å². The van der Waals surface area contributed by atoms with E-state index in [9.17, 15) is 0 Å². The quantitative estimate of drug-likeness (QED) is 0.179. The summed E-state index contributed by atoms with van der Waals surface area (Å²) in [5.74, 6) is 0.550. The maximum Gasteiger partial charge on any atom is 0.0979 e. The molecule has 0 saturated carbocycles. The van der Waals surface area contributed by atoms with E-state index < -0.39 is 0 Å². The summed E-state index contributed by atoms with van der Waals surface area (Å²) in [4.78, 5) is 10.9. The molecule has 0 bridgehead atoms. The van der Waals surface area contributed by atoms with E-state index in [1.165, 1.54) is 44.2 Å². The van der Waals surface area contributed by atoms with E-state index >= 15 is 0 Å². The third-order valence-electron chi connectivity index (χ3n) is 10.6. The van der Waals surface area contributed by atoms with Gasteiger partial charge in [-0.2, -0.15) is 0 Å². The molecule has 236 valence electrons. The first-order valence-corrected chi connectivity index (χ1v) is 17.4. The van der Waals surface area contributed by atoms with E-state index in [1.807, 2.05) is 0 Å². The van der Waals surface area contributed by atoms with Gasteiger partial charge in [-0.3, -0.25) is 0 Å². The fourth-order valence-corrected chi connectivity index (χ4v) is 8.25. The second-order valence-electron chi connectivity index (χ2n) is 13.4. The molecule has 1 aliphatic rings. The van der Waals surface area contributed by atoms with Crippen LogP contribution < -0.4 is 0 Å². The number of rotatable bonds is 4. The summed E-state index contributed by atoms with van der Waals surface area (Å²) in [5, 5.41) is 5.97. The van der Waals surface area contributed by atoms with Gasteiger partial charge >= 0.3 is 0 Å². The predicted molar refractivity (Wildman–Crippen MR) is 209 cm³/mol. The normalized spacial score (nSPS) is 15.6. The molecule has 7 aromatic carbocycles. The topological polar surface area (TPSA) is 30.7 Å². The van der Waals surface area contributed by atoms with Crippen LogP contribution in [0.1, 0.15) is 35.6 Å². The molecule has 1 aliphatic carbocycles. The standard InChI is InChI=1S/C47H33N3/c1-30-35(28-29-42-43(30)40-22-12-13-23-41(40)50(42)34-16-6-3-7-17-34)31-24-26-33(27-25-31)45-44(32-14-4-2-5-15-32)48-46-38-20-10-8-18-36(38)37-19-9-11-21-39(37)47(46)49-45/h2-30,35H,1H3. The lowest BCUT2D eigenvalue weighted by Crippen LogP contribution is -2.12. The molecule has 0 N–H and O–H groups in total. The van der Waals surface area contributed by atoms with E-state index in [0.29, 0.717) is 5.92 Å². The average Bonchev–Trinajstić information content (AvgIpc) is 3.53. The zero-order valence-corrected chi connectivity index (χ0v) is 27.7. The van der Waals surface area contributed by atoms with E-state index in [4.69, 9.17) is 9.97 Å². The molecule has 0 radical (unpaired) electrons. The Hall–Kier alpha value is -6.32. The van der Waals surface area contributed by atoms with Gasteiger partial charge in [0.1, 0.15) is 0 Å². The van der Waals surface area contributed by atoms with Crippen molar-refractivity contribution in [3.05, 3.63) is 181 Å². The number of hydrogen-bond donors (Lipinski definition) is 0. The van der Waals surface area contributed by atoms with Gasteiger partial charge in [-0.25, -0.2) is 9.97 Å². The molecule has 0 aliphatic heterocycles. The van der Waals surface area contributed by atoms with Gasteiger partial charge in [-0.15, -0.1) is 0 Å². The SMILES string of the molecule is CC1c2c(n(-c3ccccc3)c3ccccc23)C=CC1c1ccc(-c2nc3c4ccccc4c4ccccc4c3nc2-c2ccccc2)cc1. The summed E-state index contributed by atoms with van der Waals surface area (Å²) < 4.78 is 2.41. The second-order valence-corrected chi connectivity index (χ2v) is 13.4. The summed E-state index contributed by atoms with van der Waals surface area (Å²) in [5.41, 5.74) is 12.2. The van der Waals surface area contributed by atoms with Crippen molar-refractivity contribution in [3.8, 4) is 28.2 Å². The van der Waals surface area contributed by atoms with Crippen LogP contribution in [0.15, 0.2) is 164 Å². The highest BCUT2D eigenvalue weighted by Crippen LogP contribution is 2.46. The maximum absolute atomic E-state index is 5.47. The van der Waals surface area contributed by atoms with Crippen molar-refractivity contribution in [2.45, 2.75) is 18.8 Å². The van der Waals surface area contributed by atoms with Crippen LogP contribution in [0.2, 0.25) is 0 Å². The summed E-state index contributed by atoms with van der Waals surface area (Å²) in [6.07, 6.45) is 4.72. The molecule has 2 unspecified atom stereocenters. The number of para-hydroxylation sites is 2. The predicted octanol–water partition coefficient (Wildman–Crippen LogP) is 12.1. The van der Waals surface area contributed by atoms with Crippen molar-refractivity contribution in [1.82, 2.24) is 14.5 Å². The number of fused-ring (bicyclic) bond motifs is 9. The minimum absolute atomic E-state index is 0.248. The van der Waals surface area contributed by atoms with E-state index in [2.05, 4.69) is 181 Å². The first-order valence-electron chi connectivity index (χ1n) is 17.4. The van der Waals surface area contributed by atoms with Crippen LogP contribution in [0.5, 0.6) is 0 Å². The van der Waals surface area contributed by atoms with Gasteiger partial charge < -0.3 is 4.57 Å². The second kappa shape index (κ2) is 11.4. The van der Waals surface area contributed by atoms with Gasteiger partial charge in [0.15, 0.2) is 0 Å². The summed E-state index contributed by atoms with van der Waals surface area (Å²) in [6, 6.07) is 56.2. The molecule has 0 saturated heterocycles. The van der Waals surface area contributed by atoms with Crippen LogP contribution in [-0.2, 0) is 0 Å². The van der Waals surface area contributed by atoms with Crippen LogP contribution in [0.3, 0.4) is 0 Å². The largest absolute Gasteiger partial charge is 0.310 e. The van der Waals surface area contributed by atoms with E-state index in [1.54, 1.807) is 0 Å². The van der Waals surface area contributed by atoms with Gasteiger partial charge in [-0.1, -0.05) is 153 Å². The number of hydrogen-bond acceptors (Lipinski definition) is 2. The molecule has 3 nitrogen and oxygen atoms in total. The highest BCUT2D eigenvalue weighted by atomic mass is 15.0. The Morgan fingerprint density at radius 2 is 0.980 bits per heavy atom. The van der Waals surface area contributed by atoms with Gasteiger partial charge in [-0.05, 0) is 52.1 Å². The van der Waals surface area contributed by atoms with Crippen LogP contribution in [0.25, 0.3) is 77.8 Å². The molecule has 2 atom stereocenters. The zero-order chi connectivity index (χ0) is 33.2. The van der Waals surface area contributed by atoms with Crippen LogP contribution in [0.4, 0.5) is 0 Å². The Bertz CT molecular complexity index is 2760. The lowest BCUT2D eigenvalue weighted by molar-refractivity contribution is 0.671. The fraction of sp³-hybridized carbons (Fsp3) is 0.0638. The molecule has 3 heteroatoms. The van der Waals surface area contributed by atoms with Crippen molar-refractivity contribution in [1.29, 1.82) is 0 Å². The Balaban J connectivity index is 1.11. The number of nitrogens with zero attached hydrogens (tertiary/aromatic N) is 3. The average molecular weight is 640 g/mol.